The Kier molecular flexibility index (Phi) is 5.37. The fraction of sp³-hybridized carbons (Fsp3) is 0.333. The molecular formula is C21H22Cl2N4. The summed E-state index contributed by atoms with van der Waals surface area (Å²) in [5.41, 5.74) is 1.66. The maximum absolute atomic E-state index is 6.11. The summed E-state index contributed by atoms with van der Waals surface area (Å²) in [6, 6.07) is 13.8. The van der Waals surface area contributed by atoms with Crippen molar-refractivity contribution in [1.29, 1.82) is 0 Å². The number of rotatable bonds is 4. The molecule has 0 radical (unpaired) electrons. The smallest absolute Gasteiger partial charge is 0.229 e. The van der Waals surface area contributed by atoms with Crippen molar-refractivity contribution in [3.63, 3.8) is 0 Å². The first-order valence-corrected chi connectivity index (χ1v) is 10.1. The fourth-order valence-electron chi connectivity index (χ4n) is 3.76. The highest BCUT2D eigenvalue weighted by Gasteiger charge is 2.20. The largest absolute Gasteiger partial charge is 0.367 e. The third-order valence-corrected chi connectivity index (χ3v) is 5.44. The van der Waals surface area contributed by atoms with Crippen molar-refractivity contribution in [2.75, 3.05) is 10.6 Å². The lowest BCUT2D eigenvalue weighted by Gasteiger charge is -2.28. The Morgan fingerprint density at radius 2 is 1.78 bits per heavy atom. The van der Waals surface area contributed by atoms with Gasteiger partial charge in [0.2, 0.25) is 5.95 Å². The maximum Gasteiger partial charge on any atom is 0.229 e. The van der Waals surface area contributed by atoms with Gasteiger partial charge in [-0.3, -0.25) is 0 Å². The Balaban J connectivity index is 1.67. The van der Waals surface area contributed by atoms with Crippen LogP contribution in [-0.2, 0) is 0 Å². The normalized spacial score (nSPS) is 19.8. The van der Waals surface area contributed by atoms with Crippen LogP contribution in [0.4, 0.5) is 17.5 Å². The Labute approximate surface area is 169 Å². The zero-order valence-electron chi connectivity index (χ0n) is 15.2. The summed E-state index contributed by atoms with van der Waals surface area (Å²) in [5.74, 6) is 2.14. The summed E-state index contributed by atoms with van der Waals surface area (Å²) in [6.45, 7) is 2.32. The number of para-hydroxylation sites is 1. The molecule has 6 heteroatoms. The molecular weight excluding hydrogens is 379 g/mol. The van der Waals surface area contributed by atoms with E-state index in [-0.39, 0.29) is 0 Å². The van der Waals surface area contributed by atoms with E-state index in [0.717, 1.165) is 28.3 Å². The van der Waals surface area contributed by atoms with Crippen LogP contribution >= 0.6 is 23.2 Å². The second-order valence-corrected chi connectivity index (χ2v) is 8.18. The van der Waals surface area contributed by atoms with Crippen LogP contribution in [0, 0.1) is 5.92 Å². The second kappa shape index (κ2) is 7.91. The average Bonchev–Trinajstić information content (AvgIpc) is 2.61. The van der Waals surface area contributed by atoms with Crippen molar-refractivity contribution in [2.24, 2.45) is 5.92 Å². The van der Waals surface area contributed by atoms with Crippen LogP contribution in [0.25, 0.3) is 10.9 Å². The van der Waals surface area contributed by atoms with Gasteiger partial charge in [-0.1, -0.05) is 55.1 Å². The third-order valence-electron chi connectivity index (χ3n) is 5.00. The van der Waals surface area contributed by atoms with Gasteiger partial charge in [0.05, 0.1) is 5.52 Å². The van der Waals surface area contributed by atoms with Gasteiger partial charge in [-0.05, 0) is 49.1 Å². The molecule has 2 unspecified atom stereocenters. The molecule has 27 heavy (non-hydrogen) atoms. The van der Waals surface area contributed by atoms with Crippen LogP contribution in [0.1, 0.15) is 32.6 Å². The molecule has 0 amide bonds. The molecule has 4 nitrogen and oxygen atoms in total. The summed E-state index contributed by atoms with van der Waals surface area (Å²) < 4.78 is 0. The summed E-state index contributed by atoms with van der Waals surface area (Å²) >= 11 is 12.2. The van der Waals surface area contributed by atoms with E-state index in [2.05, 4.69) is 28.6 Å². The number of halogens is 2. The van der Waals surface area contributed by atoms with Crippen LogP contribution in [0.15, 0.2) is 42.5 Å². The Bertz CT molecular complexity index is 940. The lowest BCUT2D eigenvalue weighted by molar-refractivity contribution is 0.358. The second-order valence-electron chi connectivity index (χ2n) is 7.31. The van der Waals surface area contributed by atoms with Gasteiger partial charge in [-0.2, -0.15) is 4.98 Å². The van der Waals surface area contributed by atoms with Crippen LogP contribution in [0.2, 0.25) is 10.0 Å². The van der Waals surface area contributed by atoms with Gasteiger partial charge < -0.3 is 10.6 Å². The van der Waals surface area contributed by atoms with E-state index in [9.17, 15) is 0 Å². The highest BCUT2D eigenvalue weighted by atomic mass is 35.5. The molecule has 0 bridgehead atoms. The summed E-state index contributed by atoms with van der Waals surface area (Å²) in [5, 5.41) is 9.07. The van der Waals surface area contributed by atoms with Gasteiger partial charge in [0, 0.05) is 27.2 Å². The molecule has 3 aromatic rings. The molecule has 4 rings (SSSR count). The van der Waals surface area contributed by atoms with Crippen molar-refractivity contribution < 1.29 is 0 Å². The van der Waals surface area contributed by atoms with Crippen LogP contribution in [0.3, 0.4) is 0 Å². The molecule has 140 valence electrons. The minimum Gasteiger partial charge on any atom is -0.367 e. The number of nitrogens with zero attached hydrogens (tertiary/aromatic N) is 2. The van der Waals surface area contributed by atoms with E-state index >= 15 is 0 Å². The van der Waals surface area contributed by atoms with Gasteiger partial charge in [0.25, 0.3) is 0 Å². The fourth-order valence-corrected chi connectivity index (χ4v) is 4.28. The van der Waals surface area contributed by atoms with Crippen molar-refractivity contribution in [1.82, 2.24) is 9.97 Å². The topological polar surface area (TPSA) is 49.8 Å². The minimum absolute atomic E-state index is 0.445. The van der Waals surface area contributed by atoms with Crippen molar-refractivity contribution in [3.8, 4) is 0 Å². The lowest BCUT2D eigenvalue weighted by Crippen LogP contribution is -2.26. The summed E-state index contributed by atoms with van der Waals surface area (Å²) in [6.07, 6.45) is 4.92. The molecule has 0 saturated heterocycles. The number of hydrogen-bond donors (Lipinski definition) is 2. The zero-order valence-corrected chi connectivity index (χ0v) is 16.7. The number of hydrogen-bond acceptors (Lipinski definition) is 4. The first-order valence-electron chi connectivity index (χ1n) is 9.33. The minimum atomic E-state index is 0.445. The van der Waals surface area contributed by atoms with Gasteiger partial charge in [-0.25, -0.2) is 4.98 Å². The number of fused-ring (bicyclic) bond motifs is 1. The SMILES string of the molecule is CC1CCCC(Nc2nc(Nc3cc(Cl)cc(Cl)c3)nc3ccccc23)C1. The van der Waals surface area contributed by atoms with Gasteiger partial charge >= 0.3 is 0 Å². The Hall–Kier alpha value is -2.04. The van der Waals surface area contributed by atoms with E-state index < -0.39 is 0 Å². The van der Waals surface area contributed by atoms with Crippen LogP contribution in [-0.4, -0.2) is 16.0 Å². The molecule has 2 N–H and O–H groups in total. The Morgan fingerprint density at radius 1 is 1.00 bits per heavy atom. The van der Waals surface area contributed by atoms with Crippen molar-refractivity contribution in [2.45, 2.75) is 38.6 Å². The van der Waals surface area contributed by atoms with Gasteiger partial charge in [0.15, 0.2) is 0 Å². The number of benzene rings is 2. The number of aromatic nitrogens is 2. The maximum atomic E-state index is 6.11. The molecule has 1 aliphatic carbocycles. The van der Waals surface area contributed by atoms with Crippen LogP contribution < -0.4 is 10.6 Å². The first-order chi connectivity index (χ1) is 13.1. The van der Waals surface area contributed by atoms with Crippen molar-refractivity contribution in [3.05, 3.63) is 52.5 Å². The highest BCUT2D eigenvalue weighted by molar-refractivity contribution is 6.35. The molecule has 2 atom stereocenters. The molecule has 1 fully saturated rings. The Morgan fingerprint density at radius 3 is 2.56 bits per heavy atom. The summed E-state index contributed by atoms with van der Waals surface area (Å²) in [7, 11) is 0. The number of anilines is 3. The molecule has 1 aromatic heterocycles. The molecule has 2 aromatic carbocycles. The van der Waals surface area contributed by atoms with E-state index in [4.69, 9.17) is 28.2 Å². The van der Waals surface area contributed by atoms with Gasteiger partial charge in [-0.15, -0.1) is 0 Å². The average molecular weight is 401 g/mol. The molecule has 0 aliphatic heterocycles. The lowest BCUT2D eigenvalue weighted by atomic mass is 9.87. The van der Waals surface area contributed by atoms with Crippen molar-refractivity contribution >= 4 is 51.6 Å². The molecule has 1 aliphatic rings. The summed E-state index contributed by atoms with van der Waals surface area (Å²) in [4.78, 5) is 9.41. The number of nitrogens with one attached hydrogen (secondary N) is 2. The standard InChI is InChI=1S/C21H22Cl2N4/c1-13-5-4-6-16(9-13)24-20-18-7-2-3-8-19(18)26-21(27-20)25-17-11-14(22)10-15(23)12-17/h2-3,7-8,10-13,16H,4-6,9H2,1H3,(H2,24,25,26,27). The predicted molar refractivity (Wildman–Crippen MR) is 114 cm³/mol. The quantitative estimate of drug-likeness (QED) is 0.513. The predicted octanol–water partition coefficient (Wildman–Crippen LogP) is 6.67. The molecule has 1 heterocycles. The molecule has 1 saturated carbocycles. The van der Waals surface area contributed by atoms with E-state index in [1.165, 1.54) is 25.7 Å². The highest BCUT2D eigenvalue weighted by Crippen LogP contribution is 2.30. The van der Waals surface area contributed by atoms with Gasteiger partial charge in [0.1, 0.15) is 5.82 Å². The van der Waals surface area contributed by atoms with E-state index in [1.54, 1.807) is 6.07 Å². The third kappa shape index (κ3) is 4.45. The first kappa shape index (κ1) is 18.3. The monoisotopic (exact) mass is 400 g/mol. The molecule has 0 spiro atoms. The van der Waals surface area contributed by atoms with Crippen LogP contribution in [0.5, 0.6) is 0 Å². The van der Waals surface area contributed by atoms with E-state index in [0.29, 0.717) is 22.0 Å². The van der Waals surface area contributed by atoms with E-state index in [1.807, 2.05) is 30.3 Å². The zero-order chi connectivity index (χ0) is 18.8.